The number of hydrogen-bond donors (Lipinski definition) is 2. The molecule has 5 rings (SSSR count). The number of piperidine rings is 1. The number of carbonyl (C=O) groups is 2. The van der Waals surface area contributed by atoms with Crippen LogP contribution in [0.4, 0.5) is 15.9 Å². The summed E-state index contributed by atoms with van der Waals surface area (Å²) in [4.78, 5) is 33.9. The van der Waals surface area contributed by atoms with Crippen molar-refractivity contribution in [2.45, 2.75) is 38.6 Å². The molecule has 0 unspecified atom stereocenters. The van der Waals surface area contributed by atoms with E-state index in [4.69, 9.17) is 5.11 Å². The lowest BCUT2D eigenvalue weighted by atomic mass is 10.0. The summed E-state index contributed by atoms with van der Waals surface area (Å²) in [5.41, 5.74) is 4.69. The second-order valence-electron chi connectivity index (χ2n) is 10.1. The van der Waals surface area contributed by atoms with Crippen LogP contribution in [-0.4, -0.2) is 65.5 Å². The molecule has 2 aliphatic rings. The number of carbonyl (C=O) groups excluding carboxylic acids is 2. The van der Waals surface area contributed by atoms with E-state index in [1.165, 1.54) is 13.0 Å². The topological polar surface area (TPSA) is 85.8 Å². The molecule has 3 heterocycles. The Hall–Kier alpha value is -3.62. The maximum atomic E-state index is 14.0. The third-order valence-electron chi connectivity index (χ3n) is 7.52. The molecule has 1 saturated heterocycles. The lowest BCUT2D eigenvalue weighted by Gasteiger charge is -2.32. The Morgan fingerprint density at radius 2 is 1.84 bits per heavy atom. The first-order valence-electron chi connectivity index (χ1n) is 13.2. The number of rotatable bonds is 8. The lowest BCUT2D eigenvalue weighted by molar-refractivity contribution is 0.0901. The first-order valence-corrected chi connectivity index (χ1v) is 13.2. The molecule has 0 saturated carbocycles. The summed E-state index contributed by atoms with van der Waals surface area (Å²) in [7, 11) is 0. The number of anilines is 2. The molecule has 0 aliphatic carbocycles. The molecule has 1 fully saturated rings. The number of nitrogens with zero attached hydrogens (tertiary/aromatic N) is 3. The van der Waals surface area contributed by atoms with E-state index in [2.05, 4.69) is 20.1 Å². The van der Waals surface area contributed by atoms with Crippen LogP contribution in [0, 0.1) is 5.82 Å². The van der Waals surface area contributed by atoms with Crippen LogP contribution >= 0.6 is 0 Å². The third-order valence-corrected chi connectivity index (χ3v) is 7.52. The van der Waals surface area contributed by atoms with E-state index in [0.717, 1.165) is 67.1 Å². The molecule has 7 nitrogen and oxygen atoms in total. The van der Waals surface area contributed by atoms with Crippen molar-refractivity contribution >= 4 is 23.2 Å². The average molecular weight is 517 g/mol. The number of likely N-dealkylation sites (tertiary alicyclic amines) is 1. The minimum Gasteiger partial charge on any atom is -0.395 e. The Morgan fingerprint density at radius 1 is 1.05 bits per heavy atom. The number of hydrogen-bond acceptors (Lipinski definition) is 6. The van der Waals surface area contributed by atoms with Crippen LogP contribution < -0.4 is 10.2 Å². The highest BCUT2D eigenvalue weighted by Crippen LogP contribution is 2.36. The molecule has 198 valence electrons. The van der Waals surface area contributed by atoms with E-state index < -0.39 is 5.82 Å². The van der Waals surface area contributed by atoms with Gasteiger partial charge < -0.3 is 20.2 Å². The molecule has 1 aromatic heterocycles. The van der Waals surface area contributed by atoms with Crippen molar-refractivity contribution in [1.82, 2.24) is 15.2 Å². The summed E-state index contributed by atoms with van der Waals surface area (Å²) < 4.78 is 14.0. The first kappa shape index (κ1) is 26.0. The molecule has 3 aromatic rings. The zero-order valence-corrected chi connectivity index (χ0v) is 21.6. The number of benzene rings is 2. The number of aromatic nitrogens is 1. The molecular weight excluding hydrogens is 483 g/mol. The fraction of sp³-hybridized carbons (Fsp3) is 0.367. The number of amides is 1. The maximum absolute atomic E-state index is 14.0. The zero-order valence-electron chi connectivity index (χ0n) is 21.6. The molecular formula is C30H33FN4O3. The van der Waals surface area contributed by atoms with Crippen LogP contribution in [0.3, 0.4) is 0 Å². The molecule has 2 aliphatic heterocycles. The quantitative estimate of drug-likeness (QED) is 0.442. The van der Waals surface area contributed by atoms with E-state index in [1.807, 2.05) is 30.3 Å². The van der Waals surface area contributed by atoms with Gasteiger partial charge in [0.25, 0.3) is 5.91 Å². The Labute approximate surface area is 222 Å². The highest BCUT2D eigenvalue weighted by molar-refractivity contribution is 5.98. The predicted octanol–water partition coefficient (Wildman–Crippen LogP) is 3.89. The van der Waals surface area contributed by atoms with Gasteiger partial charge in [0.15, 0.2) is 5.78 Å². The number of β-amino-alcohol motifs (C(OH)–C–C–N with tert-alkyl or cyclic N) is 1. The van der Waals surface area contributed by atoms with E-state index >= 15 is 0 Å². The summed E-state index contributed by atoms with van der Waals surface area (Å²) in [5, 5.41) is 12.4. The van der Waals surface area contributed by atoms with Crippen LogP contribution in [0.1, 0.15) is 57.2 Å². The fourth-order valence-electron chi connectivity index (χ4n) is 5.50. The van der Waals surface area contributed by atoms with Crippen LogP contribution in [-0.2, 0) is 12.8 Å². The van der Waals surface area contributed by atoms with Crippen molar-refractivity contribution in [3.63, 3.8) is 0 Å². The van der Waals surface area contributed by atoms with E-state index in [9.17, 15) is 14.0 Å². The Kier molecular flexibility index (Phi) is 7.81. The molecule has 0 spiro atoms. The van der Waals surface area contributed by atoms with Crippen LogP contribution in [0.25, 0.3) is 0 Å². The number of aliphatic hydroxyl groups is 1. The van der Waals surface area contributed by atoms with Crippen LogP contribution in [0.2, 0.25) is 0 Å². The fourth-order valence-corrected chi connectivity index (χ4v) is 5.50. The molecule has 0 bridgehead atoms. The average Bonchev–Trinajstić information content (AvgIpc) is 3.35. The Morgan fingerprint density at radius 3 is 2.61 bits per heavy atom. The predicted molar refractivity (Wildman–Crippen MR) is 145 cm³/mol. The van der Waals surface area contributed by atoms with Crippen molar-refractivity contribution in [3.05, 3.63) is 88.4 Å². The van der Waals surface area contributed by atoms with Crippen LogP contribution in [0.5, 0.6) is 0 Å². The van der Waals surface area contributed by atoms with Gasteiger partial charge in [-0.2, -0.15) is 0 Å². The van der Waals surface area contributed by atoms with Crippen molar-refractivity contribution in [3.8, 4) is 0 Å². The second-order valence-corrected chi connectivity index (χ2v) is 10.1. The molecule has 0 atom stereocenters. The summed E-state index contributed by atoms with van der Waals surface area (Å²) in [6.07, 6.45) is 4.82. The summed E-state index contributed by atoms with van der Waals surface area (Å²) in [5.74, 6) is -0.0367. The number of pyridine rings is 1. The smallest absolute Gasteiger partial charge is 0.251 e. The number of aliphatic hydroxyl groups excluding tert-OH is 1. The normalized spacial score (nSPS) is 15.9. The number of Topliss-reactive ketones (excluding diaryl/α,β-unsaturated/α-hetero) is 1. The maximum Gasteiger partial charge on any atom is 0.251 e. The standard InChI is InChI=1S/C30H33FN4O3/c1-20(37)26-18-21(5-6-27(26)31)17-22-7-11-32-29(19-22)35-14-10-24-25(3-2-4-28(24)35)30(38)33-23-8-12-34(13-9-23)15-16-36/h2-7,11,18-19,23,36H,8-10,12-17H2,1H3,(H,33,38). The lowest BCUT2D eigenvalue weighted by Crippen LogP contribution is -2.45. The van der Waals surface area contributed by atoms with E-state index in [-0.39, 0.29) is 29.9 Å². The van der Waals surface area contributed by atoms with Crippen LogP contribution in [0.15, 0.2) is 54.7 Å². The van der Waals surface area contributed by atoms with Gasteiger partial charge in [-0.05, 0) is 85.7 Å². The summed E-state index contributed by atoms with van der Waals surface area (Å²) >= 11 is 0. The highest BCUT2D eigenvalue weighted by atomic mass is 19.1. The zero-order chi connectivity index (χ0) is 26.6. The number of ketones is 1. The summed E-state index contributed by atoms with van der Waals surface area (Å²) in [6, 6.07) is 14.6. The van der Waals surface area contributed by atoms with Gasteiger partial charge in [-0.25, -0.2) is 9.37 Å². The number of nitrogens with one attached hydrogen (secondary N) is 1. The first-order chi connectivity index (χ1) is 18.4. The van der Waals surface area contributed by atoms with Gasteiger partial charge in [-0.1, -0.05) is 12.1 Å². The molecule has 0 radical (unpaired) electrons. The van der Waals surface area contributed by atoms with E-state index in [0.29, 0.717) is 18.5 Å². The third kappa shape index (κ3) is 5.61. The number of fused-ring (bicyclic) bond motifs is 1. The van der Waals surface area contributed by atoms with Crippen molar-refractivity contribution in [2.75, 3.05) is 37.7 Å². The van der Waals surface area contributed by atoms with E-state index in [1.54, 1.807) is 18.3 Å². The van der Waals surface area contributed by atoms with Crippen molar-refractivity contribution in [1.29, 1.82) is 0 Å². The summed E-state index contributed by atoms with van der Waals surface area (Å²) in [6.45, 7) is 4.69. The van der Waals surface area contributed by atoms with Gasteiger partial charge in [-0.15, -0.1) is 0 Å². The molecule has 1 amide bonds. The molecule has 8 heteroatoms. The highest BCUT2D eigenvalue weighted by Gasteiger charge is 2.28. The minimum absolute atomic E-state index is 0.0383. The van der Waals surface area contributed by atoms with Gasteiger partial charge in [0, 0.05) is 49.7 Å². The van der Waals surface area contributed by atoms with Crippen molar-refractivity contribution in [2.24, 2.45) is 0 Å². The van der Waals surface area contributed by atoms with Gasteiger partial charge in [0.2, 0.25) is 0 Å². The molecule has 2 N–H and O–H groups in total. The monoisotopic (exact) mass is 516 g/mol. The molecule has 38 heavy (non-hydrogen) atoms. The second kappa shape index (κ2) is 11.4. The number of halogens is 1. The Balaban J connectivity index is 1.30. The SMILES string of the molecule is CC(=O)c1cc(Cc2ccnc(N3CCc4c(C(=O)NC5CCN(CCO)CC5)cccc43)c2)ccc1F. The molecule has 2 aromatic carbocycles. The minimum atomic E-state index is -0.502. The van der Waals surface area contributed by atoms with Gasteiger partial charge >= 0.3 is 0 Å². The van der Waals surface area contributed by atoms with Gasteiger partial charge in [0.05, 0.1) is 12.2 Å². The Bertz CT molecular complexity index is 1340. The van der Waals surface area contributed by atoms with Gasteiger partial charge in [-0.3, -0.25) is 9.59 Å². The largest absolute Gasteiger partial charge is 0.395 e. The van der Waals surface area contributed by atoms with Crippen molar-refractivity contribution < 1.29 is 19.1 Å². The van der Waals surface area contributed by atoms with Gasteiger partial charge in [0.1, 0.15) is 11.6 Å².